The summed E-state index contributed by atoms with van der Waals surface area (Å²) in [6.45, 7) is 0. The molecule has 0 saturated heterocycles. The average Bonchev–Trinajstić information content (AvgIpc) is 2.92. The quantitative estimate of drug-likeness (QED) is 0.813. The Hall–Kier alpha value is -0.100. The molecule has 1 saturated carbocycles. The van der Waals surface area contributed by atoms with Crippen molar-refractivity contribution in [1.82, 2.24) is 0 Å². The molecule has 1 aliphatic rings. The Morgan fingerprint density at radius 1 is 1.53 bits per heavy atom. The largest absolute Gasteiger partial charge is 0.481 e. The summed E-state index contributed by atoms with van der Waals surface area (Å²) in [5, 5.41) is 9.21. The maximum absolute atomic E-state index is 11.2. The first-order valence-electron chi connectivity index (χ1n) is 4.77. The molecule has 0 radical (unpaired) electrons. The second-order valence-electron chi connectivity index (χ2n) is 3.82. The van der Waals surface area contributed by atoms with E-state index in [0.29, 0.717) is 5.92 Å². The molecule has 0 bridgehead atoms. The molecule has 1 aromatic rings. The second-order valence-corrected chi connectivity index (χ2v) is 5.92. The van der Waals surface area contributed by atoms with Gasteiger partial charge in [-0.05, 0) is 59.0 Å². The topological polar surface area (TPSA) is 37.3 Å². The number of carboxylic acids is 1. The number of aliphatic carboxylic acids is 1. The van der Waals surface area contributed by atoms with Crippen LogP contribution in [0.2, 0.25) is 0 Å². The molecule has 4 heteroatoms. The SMILES string of the molecule is O=C(O)C(c1ccc(I)cc1Br)C1CC1. The van der Waals surface area contributed by atoms with Gasteiger partial charge >= 0.3 is 5.97 Å². The molecule has 2 rings (SSSR count). The number of carboxylic acid groups (broad SMARTS) is 1. The molecule has 2 nitrogen and oxygen atoms in total. The summed E-state index contributed by atoms with van der Waals surface area (Å²) in [5.41, 5.74) is 0.908. The van der Waals surface area contributed by atoms with E-state index in [1.165, 1.54) is 0 Å². The fourth-order valence-corrected chi connectivity index (χ4v) is 3.32. The van der Waals surface area contributed by atoms with Crippen molar-refractivity contribution in [3.05, 3.63) is 31.8 Å². The van der Waals surface area contributed by atoms with E-state index in [1.54, 1.807) is 0 Å². The van der Waals surface area contributed by atoms with E-state index < -0.39 is 5.97 Å². The summed E-state index contributed by atoms with van der Waals surface area (Å²) >= 11 is 5.66. The van der Waals surface area contributed by atoms with Gasteiger partial charge in [-0.1, -0.05) is 22.0 Å². The lowest BCUT2D eigenvalue weighted by molar-refractivity contribution is -0.139. The Bertz CT molecular complexity index is 402. The van der Waals surface area contributed by atoms with Crippen LogP contribution in [0.25, 0.3) is 0 Å². The van der Waals surface area contributed by atoms with Crippen LogP contribution in [0.3, 0.4) is 0 Å². The fraction of sp³-hybridized carbons (Fsp3) is 0.364. The molecule has 0 aromatic heterocycles. The van der Waals surface area contributed by atoms with E-state index >= 15 is 0 Å². The molecule has 1 N–H and O–H groups in total. The first-order valence-corrected chi connectivity index (χ1v) is 6.64. The van der Waals surface area contributed by atoms with Crippen LogP contribution < -0.4 is 0 Å². The molecule has 1 unspecified atom stereocenters. The van der Waals surface area contributed by atoms with Gasteiger partial charge in [-0.15, -0.1) is 0 Å². The molecule has 0 aliphatic heterocycles. The number of hydrogen-bond acceptors (Lipinski definition) is 1. The molecule has 0 amide bonds. The molecule has 0 heterocycles. The first-order chi connectivity index (χ1) is 7.09. The monoisotopic (exact) mass is 380 g/mol. The lowest BCUT2D eigenvalue weighted by Crippen LogP contribution is -2.14. The fourth-order valence-electron chi connectivity index (χ4n) is 1.77. The maximum atomic E-state index is 11.2. The van der Waals surface area contributed by atoms with Gasteiger partial charge in [0, 0.05) is 8.04 Å². The summed E-state index contributed by atoms with van der Waals surface area (Å²) in [7, 11) is 0. The maximum Gasteiger partial charge on any atom is 0.311 e. The summed E-state index contributed by atoms with van der Waals surface area (Å²) in [6.07, 6.45) is 2.07. The van der Waals surface area contributed by atoms with Crippen LogP contribution in [-0.4, -0.2) is 11.1 Å². The van der Waals surface area contributed by atoms with Crippen LogP contribution in [0, 0.1) is 9.49 Å². The van der Waals surface area contributed by atoms with Crippen molar-refractivity contribution in [3.63, 3.8) is 0 Å². The molecule has 80 valence electrons. The van der Waals surface area contributed by atoms with Crippen LogP contribution >= 0.6 is 38.5 Å². The average molecular weight is 381 g/mol. The van der Waals surface area contributed by atoms with Gasteiger partial charge < -0.3 is 5.11 Å². The van der Waals surface area contributed by atoms with E-state index in [1.807, 2.05) is 18.2 Å². The van der Waals surface area contributed by atoms with Gasteiger partial charge in [-0.25, -0.2) is 0 Å². The summed E-state index contributed by atoms with van der Waals surface area (Å²) in [4.78, 5) is 11.2. The molecular formula is C11H10BrIO2. The van der Waals surface area contributed by atoms with Crippen molar-refractivity contribution in [3.8, 4) is 0 Å². The Balaban J connectivity index is 2.37. The lowest BCUT2D eigenvalue weighted by atomic mass is 9.94. The normalized spacial score (nSPS) is 17.5. The number of rotatable bonds is 3. The molecule has 1 atom stereocenters. The van der Waals surface area contributed by atoms with Gasteiger partial charge in [-0.3, -0.25) is 4.79 Å². The van der Waals surface area contributed by atoms with Crippen molar-refractivity contribution in [2.24, 2.45) is 5.92 Å². The highest BCUT2D eigenvalue weighted by Gasteiger charge is 2.38. The minimum atomic E-state index is -0.709. The van der Waals surface area contributed by atoms with E-state index in [0.717, 1.165) is 26.4 Å². The zero-order valence-corrected chi connectivity index (χ0v) is 11.7. The predicted octanol–water partition coefficient (Wildman–Crippen LogP) is 3.63. The Morgan fingerprint density at radius 2 is 2.20 bits per heavy atom. The number of hydrogen-bond donors (Lipinski definition) is 1. The standard InChI is InChI=1S/C11H10BrIO2/c12-9-5-7(13)3-4-8(9)10(11(14)15)6-1-2-6/h3-6,10H,1-2H2,(H,14,15). The summed E-state index contributed by atoms with van der Waals surface area (Å²) < 4.78 is 2.02. The highest BCUT2D eigenvalue weighted by atomic mass is 127. The molecular weight excluding hydrogens is 371 g/mol. The van der Waals surface area contributed by atoms with Gasteiger partial charge in [0.2, 0.25) is 0 Å². The van der Waals surface area contributed by atoms with Crippen LogP contribution in [0.4, 0.5) is 0 Å². The molecule has 15 heavy (non-hydrogen) atoms. The van der Waals surface area contributed by atoms with Crippen molar-refractivity contribution in [1.29, 1.82) is 0 Å². The third kappa shape index (κ3) is 2.53. The van der Waals surface area contributed by atoms with Crippen molar-refractivity contribution >= 4 is 44.5 Å². The second kappa shape index (κ2) is 4.41. The highest BCUT2D eigenvalue weighted by Crippen LogP contribution is 2.44. The van der Waals surface area contributed by atoms with Gasteiger partial charge in [0.15, 0.2) is 0 Å². The van der Waals surface area contributed by atoms with Gasteiger partial charge in [0.1, 0.15) is 0 Å². The van der Waals surface area contributed by atoms with Crippen LogP contribution in [0.15, 0.2) is 22.7 Å². The highest BCUT2D eigenvalue weighted by molar-refractivity contribution is 14.1. The number of carbonyl (C=O) groups is 1. The minimum Gasteiger partial charge on any atom is -0.481 e. The smallest absolute Gasteiger partial charge is 0.311 e. The predicted molar refractivity (Wildman–Crippen MR) is 70.0 cm³/mol. The minimum absolute atomic E-state index is 0.332. The van der Waals surface area contributed by atoms with Crippen LogP contribution in [0.5, 0.6) is 0 Å². The summed E-state index contributed by atoms with van der Waals surface area (Å²) in [5.74, 6) is -0.713. The molecule has 0 spiro atoms. The first kappa shape index (κ1) is 11.4. The molecule has 1 aromatic carbocycles. The third-order valence-corrected chi connectivity index (χ3v) is 4.01. The molecule has 1 aliphatic carbocycles. The van der Waals surface area contributed by atoms with Crippen LogP contribution in [0.1, 0.15) is 24.3 Å². The van der Waals surface area contributed by atoms with Gasteiger partial charge in [0.05, 0.1) is 5.92 Å². The zero-order valence-electron chi connectivity index (χ0n) is 7.91. The Labute approximate surface area is 110 Å². The number of halogens is 2. The van der Waals surface area contributed by atoms with Gasteiger partial charge in [0.25, 0.3) is 0 Å². The Morgan fingerprint density at radius 3 is 2.67 bits per heavy atom. The zero-order chi connectivity index (χ0) is 11.0. The van der Waals surface area contributed by atoms with Crippen molar-refractivity contribution in [2.45, 2.75) is 18.8 Å². The van der Waals surface area contributed by atoms with Gasteiger partial charge in [-0.2, -0.15) is 0 Å². The van der Waals surface area contributed by atoms with E-state index in [9.17, 15) is 9.90 Å². The lowest BCUT2D eigenvalue weighted by Gasteiger charge is -2.13. The van der Waals surface area contributed by atoms with E-state index in [-0.39, 0.29) is 5.92 Å². The summed E-state index contributed by atoms with van der Waals surface area (Å²) in [6, 6.07) is 5.84. The van der Waals surface area contributed by atoms with Crippen LogP contribution in [-0.2, 0) is 4.79 Å². The van der Waals surface area contributed by atoms with E-state index in [4.69, 9.17) is 0 Å². The third-order valence-electron chi connectivity index (χ3n) is 2.66. The van der Waals surface area contributed by atoms with E-state index in [2.05, 4.69) is 38.5 Å². The van der Waals surface area contributed by atoms with Crippen molar-refractivity contribution in [2.75, 3.05) is 0 Å². The molecule has 1 fully saturated rings. The Kier molecular flexibility index (Phi) is 3.35. The number of benzene rings is 1. The van der Waals surface area contributed by atoms with Crippen molar-refractivity contribution < 1.29 is 9.90 Å².